The number of nitriles is 1. The summed E-state index contributed by atoms with van der Waals surface area (Å²) in [5.74, 6) is 0.577. The van der Waals surface area contributed by atoms with Crippen molar-refractivity contribution < 1.29 is 0 Å². The van der Waals surface area contributed by atoms with Crippen LogP contribution < -0.4 is 0 Å². The van der Waals surface area contributed by atoms with Crippen molar-refractivity contribution in [3.8, 4) is 6.07 Å². The molecule has 0 atom stereocenters. The zero-order chi connectivity index (χ0) is 9.26. The number of hydrogen-bond acceptors (Lipinski definition) is 3. The van der Waals surface area contributed by atoms with Crippen molar-refractivity contribution in [1.29, 1.82) is 5.26 Å². The van der Waals surface area contributed by atoms with Crippen LogP contribution >= 0.6 is 0 Å². The fraction of sp³-hybridized carbons (Fsp3) is 0.222. The van der Waals surface area contributed by atoms with Gasteiger partial charge in [0, 0.05) is 6.20 Å². The van der Waals surface area contributed by atoms with E-state index in [2.05, 4.69) is 10.1 Å². The van der Waals surface area contributed by atoms with E-state index in [0.29, 0.717) is 5.82 Å². The summed E-state index contributed by atoms with van der Waals surface area (Å²) >= 11 is 0. The van der Waals surface area contributed by atoms with Crippen LogP contribution in [0.15, 0.2) is 18.3 Å². The lowest BCUT2D eigenvalue weighted by atomic mass is 10.3. The molecular weight excluding hydrogens is 164 g/mol. The number of pyridine rings is 1. The van der Waals surface area contributed by atoms with Crippen molar-refractivity contribution >= 4 is 5.65 Å². The maximum atomic E-state index is 8.46. The molecular formula is C9H8N4. The quantitative estimate of drug-likeness (QED) is 0.647. The van der Waals surface area contributed by atoms with E-state index in [4.69, 9.17) is 5.26 Å². The molecule has 2 rings (SSSR count). The highest BCUT2D eigenvalue weighted by Crippen LogP contribution is 2.04. The fourth-order valence-electron chi connectivity index (χ4n) is 1.18. The number of fused-ring (bicyclic) bond motifs is 1. The largest absolute Gasteiger partial charge is 0.221 e. The Hall–Kier alpha value is -1.89. The molecule has 0 amide bonds. The molecule has 2 aromatic rings. The zero-order valence-corrected chi connectivity index (χ0v) is 7.23. The monoisotopic (exact) mass is 172 g/mol. The van der Waals surface area contributed by atoms with Gasteiger partial charge in [0.15, 0.2) is 11.5 Å². The second-order valence-electron chi connectivity index (χ2n) is 2.87. The van der Waals surface area contributed by atoms with Gasteiger partial charge in [0.2, 0.25) is 0 Å². The highest BCUT2D eigenvalue weighted by Gasteiger charge is 2.01. The van der Waals surface area contributed by atoms with E-state index in [1.165, 1.54) is 0 Å². The Labute approximate surface area is 75.4 Å². The van der Waals surface area contributed by atoms with E-state index in [0.717, 1.165) is 11.2 Å². The van der Waals surface area contributed by atoms with Gasteiger partial charge >= 0.3 is 0 Å². The molecule has 0 aliphatic rings. The molecule has 0 aliphatic carbocycles. The van der Waals surface area contributed by atoms with E-state index in [1.54, 1.807) is 4.52 Å². The van der Waals surface area contributed by atoms with Crippen molar-refractivity contribution in [2.45, 2.75) is 13.3 Å². The van der Waals surface area contributed by atoms with Crippen molar-refractivity contribution in [3.63, 3.8) is 0 Å². The summed E-state index contributed by atoms with van der Waals surface area (Å²) in [4.78, 5) is 4.19. The van der Waals surface area contributed by atoms with Gasteiger partial charge < -0.3 is 0 Å². The molecule has 0 aliphatic heterocycles. The predicted molar refractivity (Wildman–Crippen MR) is 47.0 cm³/mol. The van der Waals surface area contributed by atoms with Crippen LogP contribution in [0.3, 0.4) is 0 Å². The minimum atomic E-state index is 0.265. The molecule has 0 fully saturated rings. The van der Waals surface area contributed by atoms with Gasteiger partial charge in [-0.3, -0.25) is 0 Å². The Kier molecular flexibility index (Phi) is 1.71. The summed E-state index contributed by atoms with van der Waals surface area (Å²) in [7, 11) is 0. The van der Waals surface area contributed by atoms with E-state index in [-0.39, 0.29) is 6.42 Å². The highest BCUT2D eigenvalue weighted by atomic mass is 15.3. The number of rotatable bonds is 1. The van der Waals surface area contributed by atoms with Crippen molar-refractivity contribution in [2.75, 3.05) is 0 Å². The molecule has 0 saturated carbocycles. The van der Waals surface area contributed by atoms with Gasteiger partial charge in [0.1, 0.15) is 0 Å². The summed E-state index contributed by atoms with van der Waals surface area (Å²) < 4.78 is 1.68. The molecule has 4 nitrogen and oxygen atoms in total. The molecule has 0 unspecified atom stereocenters. The highest BCUT2D eigenvalue weighted by molar-refractivity contribution is 5.40. The summed E-state index contributed by atoms with van der Waals surface area (Å²) in [6.07, 6.45) is 2.11. The van der Waals surface area contributed by atoms with Crippen LogP contribution in [-0.2, 0) is 6.42 Å². The Morgan fingerprint density at radius 2 is 2.46 bits per heavy atom. The minimum Gasteiger partial charge on any atom is -0.221 e. The average Bonchev–Trinajstić information content (AvgIpc) is 2.46. The maximum Gasteiger partial charge on any atom is 0.165 e. The first kappa shape index (κ1) is 7.74. The summed E-state index contributed by atoms with van der Waals surface area (Å²) in [6, 6.07) is 5.92. The van der Waals surface area contributed by atoms with Crippen molar-refractivity contribution in [3.05, 3.63) is 29.7 Å². The van der Waals surface area contributed by atoms with Gasteiger partial charge in [0.05, 0.1) is 12.5 Å². The van der Waals surface area contributed by atoms with Gasteiger partial charge in [-0.2, -0.15) is 10.4 Å². The normalized spacial score (nSPS) is 10.2. The van der Waals surface area contributed by atoms with E-state index in [9.17, 15) is 0 Å². The third-order valence-corrected chi connectivity index (χ3v) is 1.77. The number of aryl methyl sites for hydroxylation is 1. The van der Waals surface area contributed by atoms with Crippen LogP contribution in [0, 0.1) is 18.3 Å². The summed E-state index contributed by atoms with van der Waals surface area (Å²) in [5, 5.41) is 12.6. The van der Waals surface area contributed by atoms with Gasteiger partial charge in [-0.15, -0.1) is 0 Å². The van der Waals surface area contributed by atoms with E-state index >= 15 is 0 Å². The van der Waals surface area contributed by atoms with Crippen LogP contribution in [0.5, 0.6) is 0 Å². The lowest BCUT2D eigenvalue weighted by Gasteiger charge is -1.90. The Morgan fingerprint density at radius 3 is 3.23 bits per heavy atom. The van der Waals surface area contributed by atoms with Crippen LogP contribution in [0.1, 0.15) is 11.4 Å². The molecule has 13 heavy (non-hydrogen) atoms. The molecule has 0 aromatic carbocycles. The predicted octanol–water partition coefficient (Wildman–Crippen LogP) is 1.10. The van der Waals surface area contributed by atoms with Crippen LogP contribution in [0.4, 0.5) is 0 Å². The Bertz CT molecular complexity index is 478. The van der Waals surface area contributed by atoms with Gasteiger partial charge in [-0.05, 0) is 24.6 Å². The molecule has 2 heterocycles. The standard InChI is InChI=1S/C9H8N4/c1-7-3-5-13-9(6-7)11-8(12-13)2-4-10/h3,5-6H,2H2,1H3. The number of aromatic nitrogens is 3. The Morgan fingerprint density at radius 1 is 1.62 bits per heavy atom. The second-order valence-corrected chi connectivity index (χ2v) is 2.87. The maximum absolute atomic E-state index is 8.46. The third-order valence-electron chi connectivity index (χ3n) is 1.77. The van der Waals surface area contributed by atoms with Crippen LogP contribution in [0.2, 0.25) is 0 Å². The molecule has 0 N–H and O–H groups in total. The average molecular weight is 172 g/mol. The lowest BCUT2D eigenvalue weighted by Crippen LogP contribution is -1.87. The number of hydrogen-bond donors (Lipinski definition) is 0. The topological polar surface area (TPSA) is 54.0 Å². The minimum absolute atomic E-state index is 0.265. The molecule has 0 spiro atoms. The van der Waals surface area contributed by atoms with Gasteiger partial charge in [0.25, 0.3) is 0 Å². The second kappa shape index (κ2) is 2.87. The summed E-state index contributed by atoms with van der Waals surface area (Å²) in [5.41, 5.74) is 1.94. The smallest absolute Gasteiger partial charge is 0.165 e. The first-order valence-corrected chi connectivity index (χ1v) is 3.98. The van der Waals surface area contributed by atoms with Crippen molar-refractivity contribution in [1.82, 2.24) is 14.6 Å². The van der Waals surface area contributed by atoms with Crippen molar-refractivity contribution in [2.24, 2.45) is 0 Å². The molecule has 64 valence electrons. The first-order valence-electron chi connectivity index (χ1n) is 3.98. The molecule has 0 radical (unpaired) electrons. The van der Waals surface area contributed by atoms with Gasteiger partial charge in [-0.25, -0.2) is 9.50 Å². The fourth-order valence-corrected chi connectivity index (χ4v) is 1.18. The Balaban J connectivity index is 2.57. The first-order chi connectivity index (χ1) is 6.29. The van der Waals surface area contributed by atoms with E-state index in [1.807, 2.05) is 31.3 Å². The van der Waals surface area contributed by atoms with Crippen LogP contribution in [-0.4, -0.2) is 14.6 Å². The van der Waals surface area contributed by atoms with Crippen LogP contribution in [0.25, 0.3) is 5.65 Å². The zero-order valence-electron chi connectivity index (χ0n) is 7.23. The summed E-state index contributed by atoms with van der Waals surface area (Å²) in [6.45, 7) is 2.00. The number of nitrogens with zero attached hydrogens (tertiary/aromatic N) is 4. The SMILES string of the molecule is Cc1ccn2nc(CC#N)nc2c1. The third kappa shape index (κ3) is 1.36. The lowest BCUT2D eigenvalue weighted by molar-refractivity contribution is 0.909. The van der Waals surface area contributed by atoms with Gasteiger partial charge in [-0.1, -0.05) is 0 Å². The molecule has 0 saturated heterocycles. The molecule has 2 aromatic heterocycles. The molecule has 0 bridgehead atoms. The van der Waals surface area contributed by atoms with E-state index < -0.39 is 0 Å². The molecule has 4 heteroatoms.